The molecular weight excluding hydrogens is 212 g/mol. The number of likely N-dealkylation sites (N-methyl/N-ethyl adjacent to an activating group) is 1. The van der Waals surface area contributed by atoms with Crippen molar-refractivity contribution < 1.29 is 19.8 Å². The van der Waals surface area contributed by atoms with Crippen LogP contribution in [0.3, 0.4) is 0 Å². The number of carbonyl (C=O) groups is 2. The van der Waals surface area contributed by atoms with Crippen LogP contribution < -0.4 is 0 Å². The highest BCUT2D eigenvalue weighted by Gasteiger charge is 2.25. The predicted molar refractivity (Wildman–Crippen MR) is 59.2 cm³/mol. The molecule has 0 radical (unpaired) electrons. The number of nitrogens with zero attached hydrogens (tertiary/aromatic N) is 2. The third-order valence-electron chi connectivity index (χ3n) is 2.37. The fourth-order valence-corrected chi connectivity index (χ4v) is 1.25. The van der Waals surface area contributed by atoms with Gasteiger partial charge in [0, 0.05) is 20.1 Å². The van der Waals surface area contributed by atoms with Gasteiger partial charge >= 0.3 is 12.0 Å². The molecule has 0 spiro atoms. The quantitative estimate of drug-likeness (QED) is 0.686. The van der Waals surface area contributed by atoms with E-state index in [-0.39, 0.29) is 19.2 Å². The number of carboxylic acid groups (broad SMARTS) is 1. The van der Waals surface area contributed by atoms with Crippen LogP contribution in [-0.2, 0) is 4.79 Å². The van der Waals surface area contributed by atoms with Gasteiger partial charge in [-0.1, -0.05) is 6.92 Å². The smallest absolute Gasteiger partial charge is 0.326 e. The highest BCUT2D eigenvalue weighted by Crippen LogP contribution is 2.03. The molecule has 0 rings (SSSR count). The Morgan fingerprint density at radius 1 is 1.31 bits per heavy atom. The van der Waals surface area contributed by atoms with E-state index in [0.717, 1.165) is 11.3 Å². The number of amides is 2. The van der Waals surface area contributed by atoms with Gasteiger partial charge in [0.05, 0.1) is 6.61 Å². The molecular formula is C10H20N2O4. The molecule has 1 atom stereocenters. The fraction of sp³-hybridized carbons (Fsp3) is 0.800. The lowest BCUT2D eigenvalue weighted by Crippen LogP contribution is -2.48. The molecule has 0 saturated heterocycles. The van der Waals surface area contributed by atoms with Crippen molar-refractivity contribution in [1.29, 1.82) is 0 Å². The van der Waals surface area contributed by atoms with E-state index in [9.17, 15) is 9.59 Å². The molecule has 16 heavy (non-hydrogen) atoms. The molecule has 0 heterocycles. The summed E-state index contributed by atoms with van der Waals surface area (Å²) in [6.07, 6.45) is 0.765. The maximum Gasteiger partial charge on any atom is 0.326 e. The Bertz CT molecular complexity index is 239. The molecule has 6 nitrogen and oxygen atoms in total. The summed E-state index contributed by atoms with van der Waals surface area (Å²) in [4.78, 5) is 25.2. The maximum absolute atomic E-state index is 11.8. The van der Waals surface area contributed by atoms with Crippen LogP contribution in [0.2, 0.25) is 0 Å². The van der Waals surface area contributed by atoms with E-state index in [4.69, 9.17) is 10.2 Å². The lowest BCUT2D eigenvalue weighted by atomic mass is 10.3. The third kappa shape index (κ3) is 4.06. The Kier molecular flexibility index (Phi) is 6.48. The average Bonchev–Trinajstić information content (AvgIpc) is 2.25. The van der Waals surface area contributed by atoms with Crippen LogP contribution in [0.25, 0.3) is 0 Å². The van der Waals surface area contributed by atoms with Crippen LogP contribution in [0.15, 0.2) is 0 Å². The Morgan fingerprint density at radius 3 is 2.25 bits per heavy atom. The topological polar surface area (TPSA) is 81.1 Å². The van der Waals surface area contributed by atoms with E-state index in [1.54, 1.807) is 0 Å². The van der Waals surface area contributed by atoms with Crippen molar-refractivity contribution in [2.24, 2.45) is 0 Å². The van der Waals surface area contributed by atoms with Gasteiger partial charge in [0.2, 0.25) is 0 Å². The Balaban J connectivity index is 4.52. The highest BCUT2D eigenvalue weighted by molar-refractivity contribution is 5.82. The first-order chi connectivity index (χ1) is 7.45. The minimum Gasteiger partial charge on any atom is -0.480 e. The summed E-state index contributed by atoms with van der Waals surface area (Å²) in [7, 11) is 1.45. The summed E-state index contributed by atoms with van der Waals surface area (Å²) in [6.45, 7) is 3.97. The van der Waals surface area contributed by atoms with Crippen molar-refractivity contribution in [1.82, 2.24) is 9.80 Å². The van der Waals surface area contributed by atoms with Gasteiger partial charge < -0.3 is 20.0 Å². The van der Waals surface area contributed by atoms with Gasteiger partial charge in [-0.15, -0.1) is 0 Å². The monoisotopic (exact) mass is 232 g/mol. The second kappa shape index (κ2) is 7.05. The number of hydrogen-bond donors (Lipinski definition) is 2. The first-order valence-corrected chi connectivity index (χ1v) is 5.31. The second-order valence-corrected chi connectivity index (χ2v) is 3.62. The summed E-state index contributed by atoms with van der Waals surface area (Å²) in [6, 6.07) is -1.24. The minimum absolute atomic E-state index is 0.124. The molecule has 0 aromatic rings. The van der Waals surface area contributed by atoms with E-state index in [1.807, 2.05) is 6.92 Å². The van der Waals surface area contributed by atoms with E-state index < -0.39 is 12.0 Å². The van der Waals surface area contributed by atoms with Crippen LogP contribution in [0.4, 0.5) is 4.79 Å². The van der Waals surface area contributed by atoms with E-state index in [0.29, 0.717) is 6.54 Å². The lowest BCUT2D eigenvalue weighted by molar-refractivity contribution is -0.141. The Labute approximate surface area is 95.5 Å². The summed E-state index contributed by atoms with van der Waals surface area (Å²) < 4.78 is 0. The van der Waals surface area contributed by atoms with E-state index in [2.05, 4.69) is 0 Å². The zero-order valence-corrected chi connectivity index (χ0v) is 10.0. The van der Waals surface area contributed by atoms with Crippen LogP contribution in [-0.4, -0.2) is 64.8 Å². The van der Waals surface area contributed by atoms with Crippen LogP contribution >= 0.6 is 0 Å². The van der Waals surface area contributed by atoms with E-state index >= 15 is 0 Å². The lowest BCUT2D eigenvalue weighted by Gasteiger charge is -2.29. The van der Waals surface area contributed by atoms with Gasteiger partial charge in [-0.25, -0.2) is 9.59 Å². The second-order valence-electron chi connectivity index (χ2n) is 3.62. The van der Waals surface area contributed by atoms with Crippen molar-refractivity contribution in [3.8, 4) is 0 Å². The van der Waals surface area contributed by atoms with Crippen LogP contribution in [0, 0.1) is 0 Å². The number of carboxylic acids is 1. The summed E-state index contributed by atoms with van der Waals surface area (Å²) in [5.41, 5.74) is 0. The first-order valence-electron chi connectivity index (χ1n) is 5.31. The molecule has 2 amide bonds. The minimum atomic E-state index is -1.05. The van der Waals surface area contributed by atoms with Gasteiger partial charge in [-0.05, 0) is 13.3 Å². The zero-order valence-electron chi connectivity index (χ0n) is 10.0. The summed E-state index contributed by atoms with van der Waals surface area (Å²) in [5.74, 6) is -1.05. The molecule has 0 fully saturated rings. The maximum atomic E-state index is 11.8. The molecule has 0 aromatic heterocycles. The van der Waals surface area contributed by atoms with Crippen molar-refractivity contribution in [3.63, 3.8) is 0 Å². The van der Waals surface area contributed by atoms with Crippen LogP contribution in [0.5, 0.6) is 0 Å². The Morgan fingerprint density at radius 2 is 1.88 bits per heavy atom. The number of aliphatic hydroxyl groups is 1. The molecule has 0 aliphatic heterocycles. The molecule has 0 aliphatic carbocycles. The van der Waals surface area contributed by atoms with Gasteiger partial charge in [-0.2, -0.15) is 0 Å². The normalized spacial score (nSPS) is 12.0. The number of urea groups is 1. The number of rotatable bonds is 6. The molecule has 0 saturated carbocycles. The molecule has 94 valence electrons. The van der Waals surface area contributed by atoms with Gasteiger partial charge in [0.1, 0.15) is 6.04 Å². The number of carbonyl (C=O) groups excluding carboxylic acids is 1. The first kappa shape index (κ1) is 14.7. The average molecular weight is 232 g/mol. The largest absolute Gasteiger partial charge is 0.480 e. The predicted octanol–water partition coefficient (Wildman–Crippen LogP) is 0.216. The van der Waals surface area contributed by atoms with Crippen molar-refractivity contribution in [2.45, 2.75) is 26.3 Å². The SMILES string of the molecule is CCCN(CCO)C(=O)N(C)C(C)C(=O)O. The molecule has 1 unspecified atom stereocenters. The van der Waals surface area contributed by atoms with Crippen molar-refractivity contribution in [2.75, 3.05) is 26.7 Å². The molecule has 0 bridgehead atoms. The van der Waals surface area contributed by atoms with Crippen molar-refractivity contribution in [3.05, 3.63) is 0 Å². The third-order valence-corrected chi connectivity index (χ3v) is 2.37. The Hall–Kier alpha value is -1.30. The summed E-state index contributed by atoms with van der Waals surface area (Å²) in [5, 5.41) is 17.6. The van der Waals surface area contributed by atoms with Gasteiger partial charge in [0.15, 0.2) is 0 Å². The molecule has 0 aromatic carbocycles. The molecule has 6 heteroatoms. The van der Waals surface area contributed by atoms with Crippen molar-refractivity contribution >= 4 is 12.0 Å². The van der Waals surface area contributed by atoms with E-state index in [1.165, 1.54) is 18.9 Å². The number of aliphatic hydroxyl groups excluding tert-OH is 1. The fourth-order valence-electron chi connectivity index (χ4n) is 1.25. The highest BCUT2D eigenvalue weighted by atomic mass is 16.4. The standard InChI is InChI=1S/C10H20N2O4/c1-4-5-12(6-7-13)10(16)11(3)8(2)9(14)15/h8,13H,4-7H2,1-3H3,(H,14,15). The number of hydrogen-bond acceptors (Lipinski definition) is 3. The molecule has 2 N–H and O–H groups in total. The molecule has 0 aliphatic rings. The van der Waals surface area contributed by atoms with Gasteiger partial charge in [-0.3, -0.25) is 0 Å². The van der Waals surface area contributed by atoms with Crippen LogP contribution in [0.1, 0.15) is 20.3 Å². The zero-order chi connectivity index (χ0) is 12.7. The number of aliphatic carboxylic acids is 1. The van der Waals surface area contributed by atoms with Gasteiger partial charge in [0.25, 0.3) is 0 Å². The summed E-state index contributed by atoms with van der Waals surface area (Å²) >= 11 is 0.